The molecule has 3 aromatic rings. The quantitative estimate of drug-likeness (QED) is 0.216. The van der Waals surface area contributed by atoms with Gasteiger partial charge in [0.25, 0.3) is 5.91 Å². The van der Waals surface area contributed by atoms with Gasteiger partial charge in [0.2, 0.25) is 5.95 Å². The minimum absolute atomic E-state index is 0.0561. The third-order valence-electron chi connectivity index (χ3n) is 6.58. The van der Waals surface area contributed by atoms with E-state index in [2.05, 4.69) is 25.6 Å². The minimum Gasteiger partial charge on any atom is -0.463 e. The van der Waals surface area contributed by atoms with Gasteiger partial charge >= 0.3 is 11.9 Å². The van der Waals surface area contributed by atoms with E-state index in [0.717, 1.165) is 5.56 Å². The number of carbonyl (C=O) groups is 3. The Balaban J connectivity index is 1.76. The molecule has 3 rings (SSSR count). The number of rotatable bonds is 11. The van der Waals surface area contributed by atoms with Crippen LogP contribution < -0.4 is 10.6 Å². The Bertz CT molecular complexity index is 1440. The van der Waals surface area contributed by atoms with Crippen molar-refractivity contribution in [3.05, 3.63) is 64.6 Å². The number of nitrogens with zero attached hydrogens (tertiary/aromatic N) is 2. The van der Waals surface area contributed by atoms with Gasteiger partial charge < -0.3 is 25.1 Å². The second-order valence-corrected chi connectivity index (χ2v) is 13.0. The van der Waals surface area contributed by atoms with Gasteiger partial charge in [-0.15, -0.1) is 0 Å². The number of hydrogen-bond donors (Lipinski definition) is 3. The molecule has 1 amide bonds. The Morgan fingerprint density at radius 3 is 2.26 bits per heavy atom. The molecule has 0 spiro atoms. The molecule has 0 saturated carbocycles. The van der Waals surface area contributed by atoms with Gasteiger partial charge in [-0.2, -0.15) is 0 Å². The Labute approximate surface area is 258 Å². The molecule has 2 aromatic heterocycles. The zero-order chi connectivity index (χ0) is 31.9. The van der Waals surface area contributed by atoms with Gasteiger partial charge in [0, 0.05) is 23.0 Å². The highest BCUT2D eigenvalue weighted by molar-refractivity contribution is 6.30. The van der Waals surface area contributed by atoms with E-state index in [1.807, 2.05) is 40.7 Å². The molecule has 0 unspecified atom stereocenters. The van der Waals surface area contributed by atoms with Crippen molar-refractivity contribution >= 4 is 35.4 Å². The van der Waals surface area contributed by atoms with Crippen molar-refractivity contribution in [1.29, 1.82) is 0 Å². The van der Waals surface area contributed by atoms with Crippen LogP contribution in [0, 0.1) is 17.8 Å². The molecule has 0 radical (unpaired) electrons. The largest absolute Gasteiger partial charge is 0.463 e. The molecular formula is C32H42ClN5O5. The fraction of sp³-hybridized carbons (Fsp3) is 0.469. The SMILES string of the molecule is CC[C@H](COC(=O)C(C)(C)C)Nc1ncc(C)c(-c2c[nH]c(C(=O)N[C@H](COC(=O)C(C)(C)C)c3cccc(Cl)c3)c2)n1. The Morgan fingerprint density at radius 1 is 1.00 bits per heavy atom. The lowest BCUT2D eigenvalue weighted by molar-refractivity contribution is -0.154. The maximum atomic E-state index is 13.3. The summed E-state index contributed by atoms with van der Waals surface area (Å²) in [4.78, 5) is 50.1. The molecule has 10 nitrogen and oxygen atoms in total. The van der Waals surface area contributed by atoms with Crippen LogP contribution >= 0.6 is 11.6 Å². The van der Waals surface area contributed by atoms with E-state index in [9.17, 15) is 14.4 Å². The van der Waals surface area contributed by atoms with E-state index < -0.39 is 16.9 Å². The predicted molar refractivity (Wildman–Crippen MR) is 167 cm³/mol. The van der Waals surface area contributed by atoms with Crippen LogP contribution in [0.15, 0.2) is 42.7 Å². The van der Waals surface area contributed by atoms with E-state index in [1.54, 1.807) is 57.4 Å². The lowest BCUT2D eigenvalue weighted by atomic mass is 9.97. The average Bonchev–Trinajstić information content (AvgIpc) is 3.43. The number of amides is 1. The summed E-state index contributed by atoms with van der Waals surface area (Å²) in [5.41, 5.74) is 1.88. The van der Waals surface area contributed by atoms with Crippen LogP contribution in [0.1, 0.15) is 82.5 Å². The highest BCUT2D eigenvalue weighted by Gasteiger charge is 2.27. The van der Waals surface area contributed by atoms with Crippen LogP contribution in [0.2, 0.25) is 5.02 Å². The van der Waals surface area contributed by atoms with Crippen molar-refractivity contribution in [3.63, 3.8) is 0 Å². The third-order valence-corrected chi connectivity index (χ3v) is 6.81. The van der Waals surface area contributed by atoms with Crippen LogP contribution in [0.25, 0.3) is 11.3 Å². The Hall–Kier alpha value is -3.92. The molecule has 0 saturated heterocycles. The van der Waals surface area contributed by atoms with Crippen LogP contribution in [0.4, 0.5) is 5.95 Å². The number of aromatic nitrogens is 3. The number of esters is 2. The first-order valence-electron chi connectivity index (χ1n) is 14.3. The van der Waals surface area contributed by atoms with Crippen molar-refractivity contribution in [2.75, 3.05) is 18.5 Å². The van der Waals surface area contributed by atoms with Crippen molar-refractivity contribution in [2.24, 2.45) is 10.8 Å². The summed E-state index contributed by atoms with van der Waals surface area (Å²) in [6.45, 7) is 14.7. The summed E-state index contributed by atoms with van der Waals surface area (Å²) < 4.78 is 11.0. The average molecular weight is 612 g/mol. The number of aromatic amines is 1. The molecule has 0 aliphatic heterocycles. The lowest BCUT2D eigenvalue weighted by Gasteiger charge is -2.22. The summed E-state index contributed by atoms with van der Waals surface area (Å²) >= 11 is 6.20. The fourth-order valence-electron chi connectivity index (χ4n) is 3.86. The summed E-state index contributed by atoms with van der Waals surface area (Å²) in [7, 11) is 0. The molecule has 232 valence electrons. The van der Waals surface area contributed by atoms with Gasteiger partial charge in [-0.3, -0.25) is 14.4 Å². The Morgan fingerprint density at radius 2 is 1.65 bits per heavy atom. The topological polar surface area (TPSA) is 135 Å². The monoisotopic (exact) mass is 611 g/mol. The van der Waals surface area contributed by atoms with Crippen molar-refractivity contribution in [3.8, 4) is 11.3 Å². The number of aryl methyl sites for hydroxylation is 1. The molecule has 2 heterocycles. The fourth-order valence-corrected chi connectivity index (χ4v) is 4.06. The zero-order valence-electron chi connectivity index (χ0n) is 26.1. The highest BCUT2D eigenvalue weighted by Crippen LogP contribution is 2.25. The van der Waals surface area contributed by atoms with Gasteiger partial charge in [0.1, 0.15) is 18.9 Å². The lowest BCUT2D eigenvalue weighted by Crippen LogP contribution is -2.34. The number of halogens is 1. The molecule has 1 aromatic carbocycles. The number of carbonyl (C=O) groups excluding carboxylic acids is 3. The molecule has 0 aliphatic rings. The first-order chi connectivity index (χ1) is 20.1. The molecule has 43 heavy (non-hydrogen) atoms. The van der Waals surface area contributed by atoms with Gasteiger partial charge in [-0.1, -0.05) is 30.7 Å². The van der Waals surface area contributed by atoms with E-state index in [-0.39, 0.29) is 37.1 Å². The van der Waals surface area contributed by atoms with Crippen LogP contribution in [0.5, 0.6) is 0 Å². The normalized spacial score (nSPS) is 13.1. The molecular weight excluding hydrogens is 570 g/mol. The number of hydrogen-bond acceptors (Lipinski definition) is 8. The van der Waals surface area contributed by atoms with Gasteiger partial charge in [-0.25, -0.2) is 9.97 Å². The summed E-state index contributed by atoms with van der Waals surface area (Å²) in [5.74, 6) is -0.661. The number of anilines is 1. The summed E-state index contributed by atoms with van der Waals surface area (Å²) in [5, 5.41) is 6.70. The highest BCUT2D eigenvalue weighted by atomic mass is 35.5. The molecule has 0 aliphatic carbocycles. The molecule has 0 bridgehead atoms. The third kappa shape index (κ3) is 9.54. The van der Waals surface area contributed by atoms with E-state index in [4.69, 9.17) is 21.1 Å². The number of ether oxygens (including phenoxy) is 2. The second-order valence-electron chi connectivity index (χ2n) is 12.6. The first kappa shape index (κ1) is 33.6. The van der Waals surface area contributed by atoms with Crippen molar-refractivity contribution < 1.29 is 23.9 Å². The minimum atomic E-state index is -0.686. The van der Waals surface area contributed by atoms with Gasteiger partial charge in [-0.05, 0) is 84.2 Å². The number of benzene rings is 1. The van der Waals surface area contributed by atoms with E-state index >= 15 is 0 Å². The maximum absolute atomic E-state index is 13.3. The smallest absolute Gasteiger partial charge is 0.311 e. The summed E-state index contributed by atoms with van der Waals surface area (Å²) in [6, 6.07) is 7.95. The Kier molecular flexibility index (Phi) is 11.0. The first-order valence-corrected chi connectivity index (χ1v) is 14.7. The molecule has 11 heteroatoms. The van der Waals surface area contributed by atoms with E-state index in [1.165, 1.54) is 0 Å². The van der Waals surface area contributed by atoms with Crippen LogP contribution in [-0.2, 0) is 19.1 Å². The molecule has 0 fully saturated rings. The summed E-state index contributed by atoms with van der Waals surface area (Å²) in [6.07, 6.45) is 4.09. The standard InChI is InChI=1S/C32H42ClN5O5/c1-9-23(17-42-28(40)31(3,4)5)36-30-35-15-19(2)26(38-30)21-14-24(34-16-21)27(39)37-25(18-43-29(41)32(6,7)8)20-11-10-12-22(33)13-20/h10-16,23,25,34H,9,17-18H2,1-8H3,(H,37,39)(H,35,36,38)/t23-,25-/m1/s1. The number of nitrogens with one attached hydrogen (secondary N) is 3. The van der Waals surface area contributed by atoms with Crippen LogP contribution in [0.3, 0.4) is 0 Å². The van der Waals surface area contributed by atoms with Crippen molar-refractivity contribution in [1.82, 2.24) is 20.3 Å². The molecule has 2 atom stereocenters. The van der Waals surface area contributed by atoms with Gasteiger partial charge in [0.05, 0.1) is 28.6 Å². The van der Waals surface area contributed by atoms with Crippen molar-refractivity contribution in [2.45, 2.75) is 73.9 Å². The van der Waals surface area contributed by atoms with E-state index in [0.29, 0.717) is 39.9 Å². The van der Waals surface area contributed by atoms with Crippen LogP contribution in [-0.4, -0.2) is 52.1 Å². The van der Waals surface area contributed by atoms with Gasteiger partial charge in [0.15, 0.2) is 0 Å². The zero-order valence-corrected chi connectivity index (χ0v) is 26.9. The number of H-pyrrole nitrogens is 1. The maximum Gasteiger partial charge on any atom is 0.311 e. The predicted octanol–water partition coefficient (Wildman–Crippen LogP) is 6.27. The molecule has 3 N–H and O–H groups in total. The second kappa shape index (κ2) is 14.0.